The number of anilines is 1. The molecule has 3 aromatic heterocycles. The number of nitrogen functional groups attached to an aromatic ring is 1. The first kappa shape index (κ1) is 22.9. The Morgan fingerprint density at radius 2 is 2.14 bits per heavy atom. The molecule has 9 heteroatoms. The second-order valence-electron chi connectivity index (χ2n) is 8.47. The van der Waals surface area contributed by atoms with E-state index in [9.17, 15) is 4.79 Å². The van der Waals surface area contributed by atoms with Crippen LogP contribution in [0, 0.1) is 0 Å². The maximum absolute atomic E-state index is 12.2. The smallest absolute Gasteiger partial charge is 0.245 e. The molecule has 0 aliphatic carbocycles. The maximum atomic E-state index is 12.2. The van der Waals surface area contributed by atoms with Crippen LogP contribution in [-0.2, 0) is 11.4 Å². The number of carbonyl (C=O) groups excluding carboxylic acids is 1. The largest absolute Gasteiger partial charge is 0.486 e. The molecular weight excluding hydrogens is 464 g/mol. The van der Waals surface area contributed by atoms with Gasteiger partial charge < -0.3 is 15.4 Å². The van der Waals surface area contributed by atoms with Crippen molar-refractivity contribution in [1.29, 1.82) is 0 Å². The molecule has 1 aliphatic heterocycles. The Hall–Kier alpha value is -3.91. The van der Waals surface area contributed by atoms with Gasteiger partial charge in [-0.1, -0.05) is 30.3 Å². The van der Waals surface area contributed by atoms with Crippen molar-refractivity contribution in [1.82, 2.24) is 24.5 Å². The van der Waals surface area contributed by atoms with E-state index < -0.39 is 0 Å². The van der Waals surface area contributed by atoms with Crippen molar-refractivity contribution in [3.63, 3.8) is 0 Å². The lowest BCUT2D eigenvalue weighted by Gasteiger charge is -2.31. The molecule has 1 atom stereocenters. The van der Waals surface area contributed by atoms with E-state index in [-0.39, 0.29) is 11.8 Å². The summed E-state index contributed by atoms with van der Waals surface area (Å²) in [6, 6.07) is 13.4. The number of rotatable bonds is 6. The summed E-state index contributed by atoms with van der Waals surface area (Å²) in [7, 11) is 0. The Bertz CT molecular complexity index is 1390. The Labute approximate surface area is 208 Å². The zero-order valence-corrected chi connectivity index (χ0v) is 19.9. The molecule has 35 heavy (non-hydrogen) atoms. The SMILES string of the molecule is C=CC(=O)N1CCCC(c2cc(-c3ccc(OCc4ccccn4)c(Cl)c3)c3c(N)ncnn23)C1. The number of carbonyl (C=O) groups is 1. The molecule has 1 unspecified atom stereocenters. The van der Waals surface area contributed by atoms with E-state index in [1.165, 1.54) is 12.4 Å². The molecule has 0 spiro atoms. The molecule has 4 heterocycles. The molecule has 0 saturated carbocycles. The van der Waals surface area contributed by atoms with Crippen LogP contribution >= 0.6 is 11.6 Å². The molecule has 1 amide bonds. The summed E-state index contributed by atoms with van der Waals surface area (Å²) >= 11 is 6.59. The molecule has 178 valence electrons. The summed E-state index contributed by atoms with van der Waals surface area (Å²) in [5, 5.41) is 4.98. The van der Waals surface area contributed by atoms with Gasteiger partial charge in [0.15, 0.2) is 5.82 Å². The standard InChI is InChI=1S/C26H25ClN6O2/c1-2-24(34)32-11-5-6-18(14-32)22-13-20(25-26(28)30-16-31-33(22)25)17-8-9-23(21(27)12-17)35-15-19-7-3-4-10-29-19/h2-4,7-10,12-13,16,18H,1,5-6,11,14-15H2,(H2,28,30,31). The minimum atomic E-state index is -0.0574. The lowest BCUT2D eigenvalue weighted by atomic mass is 9.94. The number of nitrogens with two attached hydrogens (primary N) is 1. The van der Waals surface area contributed by atoms with Crippen molar-refractivity contribution >= 4 is 28.8 Å². The summed E-state index contributed by atoms with van der Waals surface area (Å²) < 4.78 is 7.71. The first-order chi connectivity index (χ1) is 17.0. The molecular formula is C26H25ClN6O2. The van der Waals surface area contributed by atoms with Crippen LogP contribution in [-0.4, -0.2) is 43.5 Å². The summed E-state index contributed by atoms with van der Waals surface area (Å²) in [6.07, 6.45) is 6.39. The third-order valence-electron chi connectivity index (χ3n) is 6.28. The zero-order valence-electron chi connectivity index (χ0n) is 19.1. The van der Waals surface area contributed by atoms with Crippen LogP contribution < -0.4 is 10.5 Å². The number of piperidine rings is 1. The van der Waals surface area contributed by atoms with Crippen molar-refractivity contribution in [2.45, 2.75) is 25.4 Å². The fourth-order valence-electron chi connectivity index (χ4n) is 4.57. The highest BCUT2D eigenvalue weighted by atomic mass is 35.5. The summed E-state index contributed by atoms with van der Waals surface area (Å²) in [5.74, 6) is 1.00. The number of fused-ring (bicyclic) bond motifs is 1. The molecule has 1 aromatic carbocycles. The topological polar surface area (TPSA) is 98.6 Å². The van der Waals surface area contributed by atoms with E-state index >= 15 is 0 Å². The molecule has 4 aromatic rings. The van der Waals surface area contributed by atoms with Gasteiger partial charge in [-0.15, -0.1) is 0 Å². The van der Waals surface area contributed by atoms with E-state index in [0.717, 1.165) is 41.9 Å². The zero-order chi connectivity index (χ0) is 24.4. The van der Waals surface area contributed by atoms with Crippen molar-refractivity contribution in [2.75, 3.05) is 18.8 Å². The number of nitrogens with zero attached hydrogens (tertiary/aromatic N) is 5. The van der Waals surface area contributed by atoms with E-state index in [4.69, 9.17) is 22.1 Å². The molecule has 1 aliphatic rings. The molecule has 8 nitrogen and oxygen atoms in total. The van der Waals surface area contributed by atoms with E-state index in [2.05, 4.69) is 27.7 Å². The van der Waals surface area contributed by atoms with E-state index in [0.29, 0.717) is 35.3 Å². The van der Waals surface area contributed by atoms with Gasteiger partial charge in [0.1, 0.15) is 24.2 Å². The van der Waals surface area contributed by atoms with Crippen molar-refractivity contribution < 1.29 is 9.53 Å². The monoisotopic (exact) mass is 488 g/mol. The number of amides is 1. The first-order valence-corrected chi connectivity index (χ1v) is 11.8. The lowest BCUT2D eigenvalue weighted by Crippen LogP contribution is -2.38. The van der Waals surface area contributed by atoms with Crippen LogP contribution in [0.15, 0.2) is 67.6 Å². The van der Waals surface area contributed by atoms with Gasteiger partial charge in [-0.3, -0.25) is 9.78 Å². The highest BCUT2D eigenvalue weighted by Gasteiger charge is 2.28. The Morgan fingerprint density at radius 1 is 1.26 bits per heavy atom. The maximum Gasteiger partial charge on any atom is 0.245 e. The molecule has 1 saturated heterocycles. The van der Waals surface area contributed by atoms with Crippen LogP contribution in [0.2, 0.25) is 5.02 Å². The fraction of sp³-hybridized carbons (Fsp3) is 0.231. The second kappa shape index (κ2) is 9.76. The van der Waals surface area contributed by atoms with E-state index in [1.54, 1.807) is 6.20 Å². The third-order valence-corrected chi connectivity index (χ3v) is 6.58. The second-order valence-corrected chi connectivity index (χ2v) is 8.88. The first-order valence-electron chi connectivity index (χ1n) is 11.4. The summed E-state index contributed by atoms with van der Waals surface area (Å²) in [5.41, 5.74) is 10.6. The third kappa shape index (κ3) is 4.57. The number of benzene rings is 1. The van der Waals surface area contributed by atoms with Gasteiger partial charge in [-0.2, -0.15) is 5.10 Å². The molecule has 1 fully saturated rings. The van der Waals surface area contributed by atoms with Crippen molar-refractivity contribution in [3.8, 4) is 16.9 Å². The highest BCUT2D eigenvalue weighted by molar-refractivity contribution is 6.32. The number of hydrogen-bond acceptors (Lipinski definition) is 6. The van der Waals surface area contributed by atoms with Crippen LogP contribution in [0.3, 0.4) is 0 Å². The van der Waals surface area contributed by atoms with Gasteiger partial charge in [0.25, 0.3) is 0 Å². The van der Waals surface area contributed by atoms with Crippen molar-refractivity contribution in [3.05, 3.63) is 84.1 Å². The average molecular weight is 489 g/mol. The molecule has 0 radical (unpaired) electrons. The van der Waals surface area contributed by atoms with Crippen LogP contribution in [0.1, 0.15) is 30.1 Å². The molecule has 5 rings (SSSR count). The average Bonchev–Trinajstić information content (AvgIpc) is 3.29. The molecule has 0 bridgehead atoms. The quantitative estimate of drug-likeness (QED) is 0.401. The van der Waals surface area contributed by atoms with Gasteiger partial charge in [-0.05, 0) is 54.8 Å². The lowest BCUT2D eigenvalue weighted by molar-refractivity contribution is -0.127. The van der Waals surface area contributed by atoms with E-state index in [1.807, 2.05) is 45.8 Å². The highest BCUT2D eigenvalue weighted by Crippen LogP contribution is 2.38. The minimum Gasteiger partial charge on any atom is -0.486 e. The van der Waals surface area contributed by atoms with Crippen molar-refractivity contribution in [2.24, 2.45) is 0 Å². The Balaban J connectivity index is 1.48. The van der Waals surface area contributed by atoms with Gasteiger partial charge in [0.05, 0.1) is 10.7 Å². The summed E-state index contributed by atoms with van der Waals surface area (Å²) in [6.45, 7) is 5.27. The number of aromatic nitrogens is 4. The van der Waals surface area contributed by atoms with Gasteiger partial charge in [0.2, 0.25) is 5.91 Å². The van der Waals surface area contributed by atoms with Gasteiger partial charge >= 0.3 is 0 Å². The summed E-state index contributed by atoms with van der Waals surface area (Å²) in [4.78, 5) is 22.5. The number of halogens is 1. The van der Waals surface area contributed by atoms with Crippen LogP contribution in [0.4, 0.5) is 5.82 Å². The minimum absolute atomic E-state index is 0.0574. The predicted octanol–water partition coefficient (Wildman–Crippen LogP) is 4.50. The van der Waals surface area contributed by atoms with Crippen LogP contribution in [0.25, 0.3) is 16.6 Å². The Morgan fingerprint density at radius 3 is 2.91 bits per heavy atom. The Kier molecular flexibility index (Phi) is 6.37. The number of ether oxygens (including phenoxy) is 1. The van der Waals surface area contributed by atoms with Gasteiger partial charge in [-0.25, -0.2) is 9.50 Å². The van der Waals surface area contributed by atoms with Gasteiger partial charge in [0, 0.05) is 36.5 Å². The number of pyridine rings is 1. The number of likely N-dealkylation sites (tertiary alicyclic amines) is 1. The predicted molar refractivity (Wildman–Crippen MR) is 135 cm³/mol. The van der Waals surface area contributed by atoms with Crippen LogP contribution in [0.5, 0.6) is 5.75 Å². The number of hydrogen-bond donors (Lipinski definition) is 1. The normalized spacial score (nSPS) is 15.8. The molecule has 2 N–H and O–H groups in total. The fourth-order valence-corrected chi connectivity index (χ4v) is 4.81.